The smallest absolute Gasteiger partial charge is 0.157 e. The van der Waals surface area contributed by atoms with Gasteiger partial charge in [0.1, 0.15) is 0 Å². The van der Waals surface area contributed by atoms with E-state index in [1.54, 1.807) is 0 Å². The van der Waals surface area contributed by atoms with Crippen molar-refractivity contribution in [1.29, 1.82) is 0 Å². The average Bonchev–Trinajstić information content (AvgIpc) is 2.99. The zero-order chi connectivity index (χ0) is 13.0. The van der Waals surface area contributed by atoms with Crippen LogP contribution < -0.4 is 5.32 Å². The summed E-state index contributed by atoms with van der Waals surface area (Å²) < 4.78 is 0. The van der Waals surface area contributed by atoms with Crippen LogP contribution in [0.3, 0.4) is 0 Å². The number of rotatable bonds is 5. The molecule has 0 spiro atoms. The third kappa shape index (κ3) is 3.29. The molecule has 1 aromatic heterocycles. The number of nitrogens with zero attached hydrogens (tertiary/aromatic N) is 1. The number of nitrogens with one attached hydrogen (secondary N) is 1. The van der Waals surface area contributed by atoms with Crippen LogP contribution in [-0.2, 0) is 6.42 Å². The van der Waals surface area contributed by atoms with Gasteiger partial charge in [-0.1, -0.05) is 31.7 Å². The van der Waals surface area contributed by atoms with Crippen molar-refractivity contribution in [2.75, 3.05) is 5.75 Å². The van der Waals surface area contributed by atoms with E-state index in [9.17, 15) is 0 Å². The average molecular weight is 282 g/mol. The largest absolute Gasteiger partial charge is 0.359 e. The van der Waals surface area contributed by atoms with E-state index in [1.807, 2.05) is 23.1 Å². The van der Waals surface area contributed by atoms with Gasteiger partial charge in [0.05, 0.1) is 6.04 Å². The monoisotopic (exact) mass is 282 g/mol. The molecule has 0 saturated carbocycles. The van der Waals surface area contributed by atoms with Gasteiger partial charge in [-0.3, -0.25) is 4.99 Å². The minimum absolute atomic E-state index is 0.284. The molecule has 1 saturated heterocycles. The summed E-state index contributed by atoms with van der Waals surface area (Å²) in [4.78, 5) is 6.24. The van der Waals surface area contributed by atoms with Crippen molar-refractivity contribution in [3.8, 4) is 0 Å². The molecule has 0 radical (unpaired) electrons. The van der Waals surface area contributed by atoms with E-state index in [1.165, 1.54) is 17.7 Å². The summed E-state index contributed by atoms with van der Waals surface area (Å²) >= 11 is 3.70. The Morgan fingerprint density at radius 1 is 1.44 bits per heavy atom. The summed E-state index contributed by atoms with van der Waals surface area (Å²) in [5.74, 6) is 1.16. The van der Waals surface area contributed by atoms with Crippen molar-refractivity contribution in [3.05, 3.63) is 22.4 Å². The second-order valence-electron chi connectivity index (χ2n) is 4.97. The van der Waals surface area contributed by atoms with Crippen LogP contribution in [0.2, 0.25) is 0 Å². The van der Waals surface area contributed by atoms with Gasteiger partial charge >= 0.3 is 0 Å². The highest BCUT2D eigenvalue weighted by molar-refractivity contribution is 8.14. The molecule has 1 aliphatic heterocycles. The first-order valence-electron chi connectivity index (χ1n) is 6.68. The minimum Gasteiger partial charge on any atom is -0.359 e. The number of aliphatic imine (C=N–C) groups is 1. The molecule has 100 valence electrons. The van der Waals surface area contributed by atoms with Gasteiger partial charge in [-0.2, -0.15) is 0 Å². The lowest BCUT2D eigenvalue weighted by atomic mass is 9.96. The Bertz CT molecular complexity index is 394. The van der Waals surface area contributed by atoms with Gasteiger partial charge in [-0.15, -0.1) is 11.3 Å². The fourth-order valence-corrected chi connectivity index (χ4v) is 4.43. The Labute approximate surface area is 118 Å². The predicted octanol–water partition coefficient (Wildman–Crippen LogP) is 3.93. The molecule has 2 heterocycles. The third-order valence-corrected chi connectivity index (χ3v) is 5.70. The van der Waals surface area contributed by atoms with E-state index in [4.69, 9.17) is 4.99 Å². The van der Waals surface area contributed by atoms with E-state index in [-0.39, 0.29) is 5.54 Å². The fourth-order valence-electron chi connectivity index (χ4n) is 2.17. The van der Waals surface area contributed by atoms with Gasteiger partial charge in [0, 0.05) is 22.6 Å². The molecule has 0 aliphatic carbocycles. The maximum Gasteiger partial charge on any atom is 0.157 e. The predicted molar refractivity (Wildman–Crippen MR) is 83.8 cm³/mol. The fraction of sp³-hybridized carbons (Fsp3) is 0.643. The minimum atomic E-state index is 0.284. The lowest BCUT2D eigenvalue weighted by Gasteiger charge is -2.25. The van der Waals surface area contributed by atoms with Crippen LogP contribution in [-0.4, -0.2) is 22.5 Å². The van der Waals surface area contributed by atoms with Gasteiger partial charge in [-0.25, -0.2) is 0 Å². The second kappa shape index (κ2) is 6.11. The van der Waals surface area contributed by atoms with Crippen LogP contribution >= 0.6 is 23.1 Å². The Morgan fingerprint density at radius 3 is 2.78 bits per heavy atom. The summed E-state index contributed by atoms with van der Waals surface area (Å²) in [5, 5.41) is 6.91. The van der Waals surface area contributed by atoms with Gasteiger partial charge in [0.25, 0.3) is 0 Å². The van der Waals surface area contributed by atoms with E-state index in [2.05, 4.69) is 43.6 Å². The third-order valence-electron chi connectivity index (χ3n) is 3.63. The standard InChI is InChI=1S/C14H22N2S2/c1-4-14(5-2)10-18-13(16-14)15-11(3)9-12-7-6-8-17-12/h6-8,11H,4-5,9-10H2,1-3H3,(H,15,16). The highest BCUT2D eigenvalue weighted by atomic mass is 32.2. The Kier molecular flexibility index (Phi) is 4.73. The molecule has 18 heavy (non-hydrogen) atoms. The number of thiophene rings is 1. The first kappa shape index (κ1) is 13.9. The van der Waals surface area contributed by atoms with Crippen molar-refractivity contribution >= 4 is 28.3 Å². The molecule has 4 heteroatoms. The van der Waals surface area contributed by atoms with Crippen molar-refractivity contribution < 1.29 is 0 Å². The molecule has 1 N–H and O–H groups in total. The van der Waals surface area contributed by atoms with Crippen molar-refractivity contribution in [2.24, 2.45) is 4.99 Å². The summed E-state index contributed by atoms with van der Waals surface area (Å²) in [5.41, 5.74) is 0.284. The number of hydrogen-bond donors (Lipinski definition) is 1. The number of amidine groups is 1. The zero-order valence-electron chi connectivity index (χ0n) is 11.4. The van der Waals surface area contributed by atoms with Crippen molar-refractivity contribution in [1.82, 2.24) is 5.32 Å². The van der Waals surface area contributed by atoms with Gasteiger partial charge in [0.2, 0.25) is 0 Å². The quantitative estimate of drug-likeness (QED) is 0.885. The molecule has 1 unspecified atom stereocenters. The van der Waals surface area contributed by atoms with E-state index < -0.39 is 0 Å². The zero-order valence-corrected chi connectivity index (χ0v) is 13.0. The van der Waals surface area contributed by atoms with Crippen LogP contribution in [0.4, 0.5) is 0 Å². The molecule has 1 fully saturated rings. The van der Waals surface area contributed by atoms with E-state index in [0.29, 0.717) is 6.04 Å². The highest BCUT2D eigenvalue weighted by Crippen LogP contribution is 2.29. The van der Waals surface area contributed by atoms with E-state index in [0.717, 1.165) is 17.3 Å². The van der Waals surface area contributed by atoms with Crippen LogP contribution in [0.5, 0.6) is 0 Å². The van der Waals surface area contributed by atoms with Gasteiger partial charge in [0.15, 0.2) is 5.17 Å². The highest BCUT2D eigenvalue weighted by Gasteiger charge is 2.33. The molecule has 1 aliphatic rings. The summed E-state index contributed by atoms with van der Waals surface area (Å²) in [6.07, 6.45) is 3.40. The SMILES string of the molecule is CCC1(CC)CSC(=NC(C)Cc2cccs2)N1. The Hall–Kier alpha value is -0.480. The number of thioether (sulfide) groups is 1. The topological polar surface area (TPSA) is 24.4 Å². The molecule has 0 aromatic carbocycles. The van der Waals surface area contributed by atoms with Crippen LogP contribution in [0, 0.1) is 0 Å². The maximum atomic E-state index is 4.82. The molecular weight excluding hydrogens is 260 g/mol. The van der Waals surface area contributed by atoms with Crippen molar-refractivity contribution in [2.45, 2.75) is 51.6 Å². The molecule has 1 atom stereocenters. The lowest BCUT2D eigenvalue weighted by Crippen LogP contribution is -2.42. The van der Waals surface area contributed by atoms with Gasteiger partial charge < -0.3 is 5.32 Å². The number of hydrogen-bond acceptors (Lipinski definition) is 3. The summed E-state index contributed by atoms with van der Waals surface area (Å²) in [7, 11) is 0. The second-order valence-corrected chi connectivity index (χ2v) is 6.96. The Balaban J connectivity index is 1.94. The summed E-state index contributed by atoms with van der Waals surface area (Å²) in [6, 6.07) is 4.67. The first-order valence-corrected chi connectivity index (χ1v) is 8.55. The van der Waals surface area contributed by atoms with Crippen LogP contribution in [0.25, 0.3) is 0 Å². The lowest BCUT2D eigenvalue weighted by molar-refractivity contribution is 0.407. The molecular formula is C14H22N2S2. The molecule has 0 bridgehead atoms. The molecule has 0 amide bonds. The maximum absolute atomic E-state index is 4.82. The molecule has 2 nitrogen and oxygen atoms in total. The Morgan fingerprint density at radius 2 is 2.22 bits per heavy atom. The first-order chi connectivity index (χ1) is 8.67. The van der Waals surface area contributed by atoms with Gasteiger partial charge in [-0.05, 0) is 31.2 Å². The normalized spacial score (nSPS) is 22.1. The summed E-state index contributed by atoms with van der Waals surface area (Å²) in [6.45, 7) is 6.72. The molecule has 2 rings (SSSR count). The van der Waals surface area contributed by atoms with Crippen LogP contribution in [0.15, 0.2) is 22.5 Å². The van der Waals surface area contributed by atoms with E-state index >= 15 is 0 Å². The van der Waals surface area contributed by atoms with Crippen molar-refractivity contribution in [3.63, 3.8) is 0 Å². The molecule has 1 aromatic rings. The van der Waals surface area contributed by atoms with Crippen LogP contribution in [0.1, 0.15) is 38.5 Å².